The van der Waals surface area contributed by atoms with E-state index in [0.717, 1.165) is 11.4 Å². The monoisotopic (exact) mass is 338 g/mol. The largest absolute Gasteiger partial charge is 0.367 e. The van der Waals surface area contributed by atoms with Crippen molar-refractivity contribution in [2.75, 3.05) is 5.32 Å². The Kier molecular flexibility index (Phi) is 5.99. The van der Waals surface area contributed by atoms with E-state index < -0.39 is 0 Å². The number of hydrogen-bond acceptors (Lipinski definition) is 4. The lowest BCUT2D eigenvalue weighted by molar-refractivity contribution is 0.0945. The fraction of sp³-hybridized carbons (Fsp3) is 0.450. The Hall–Kier alpha value is -2.43. The van der Waals surface area contributed by atoms with Gasteiger partial charge >= 0.3 is 0 Å². The quantitative estimate of drug-likeness (QED) is 0.813. The summed E-state index contributed by atoms with van der Waals surface area (Å²) in [7, 11) is 0. The molecule has 0 aliphatic heterocycles. The van der Waals surface area contributed by atoms with Crippen LogP contribution >= 0.6 is 0 Å². The molecule has 0 atom stereocenters. The van der Waals surface area contributed by atoms with E-state index in [9.17, 15) is 4.79 Å². The summed E-state index contributed by atoms with van der Waals surface area (Å²) >= 11 is 0. The smallest absolute Gasteiger partial charge is 0.270 e. The van der Waals surface area contributed by atoms with Crippen molar-refractivity contribution >= 4 is 11.7 Å². The lowest BCUT2D eigenvalue weighted by atomic mass is 10.1. The summed E-state index contributed by atoms with van der Waals surface area (Å²) in [6.07, 6.45) is 8.93. The van der Waals surface area contributed by atoms with Crippen LogP contribution in [0.5, 0.6) is 0 Å². The first-order valence-corrected chi connectivity index (χ1v) is 9.13. The Bertz CT molecular complexity index is 708. The van der Waals surface area contributed by atoms with Crippen LogP contribution in [0, 0.1) is 6.92 Å². The molecule has 1 aromatic carbocycles. The van der Waals surface area contributed by atoms with Crippen LogP contribution in [-0.2, 0) is 6.54 Å². The Labute approximate surface area is 149 Å². The molecule has 1 aromatic heterocycles. The summed E-state index contributed by atoms with van der Waals surface area (Å²) in [6, 6.07) is 10.2. The molecular weight excluding hydrogens is 312 g/mol. The van der Waals surface area contributed by atoms with Crippen molar-refractivity contribution < 1.29 is 4.79 Å². The summed E-state index contributed by atoms with van der Waals surface area (Å²) in [5.74, 6) is 0.567. The number of benzene rings is 1. The topological polar surface area (TPSA) is 66.9 Å². The maximum atomic E-state index is 12.4. The standard InChI is InChI=1S/C20H26N4O/c1-15-8-6-7-9-16(15)13-21-20(25)18-12-19(23-14-22-18)24-17-10-4-2-3-5-11-17/h6-9,12,14,17H,2-5,10-11,13H2,1H3,(H,21,25)(H,22,23,24). The van der Waals surface area contributed by atoms with Gasteiger partial charge in [0, 0.05) is 18.7 Å². The second-order valence-electron chi connectivity index (χ2n) is 6.73. The molecule has 2 N–H and O–H groups in total. The maximum absolute atomic E-state index is 12.4. The molecule has 1 aliphatic carbocycles. The zero-order valence-electron chi connectivity index (χ0n) is 14.8. The zero-order chi connectivity index (χ0) is 17.5. The van der Waals surface area contributed by atoms with Gasteiger partial charge in [0.2, 0.25) is 0 Å². The van der Waals surface area contributed by atoms with Gasteiger partial charge in [0.15, 0.2) is 0 Å². The molecule has 25 heavy (non-hydrogen) atoms. The van der Waals surface area contributed by atoms with Gasteiger partial charge in [0.25, 0.3) is 5.91 Å². The highest BCUT2D eigenvalue weighted by Gasteiger charge is 2.14. The highest BCUT2D eigenvalue weighted by Crippen LogP contribution is 2.20. The molecule has 2 aromatic rings. The normalized spacial score (nSPS) is 15.4. The van der Waals surface area contributed by atoms with Crippen molar-refractivity contribution in [2.45, 2.75) is 58.0 Å². The molecule has 5 heteroatoms. The van der Waals surface area contributed by atoms with Crippen LogP contribution in [0.25, 0.3) is 0 Å². The summed E-state index contributed by atoms with van der Waals surface area (Å²) < 4.78 is 0. The number of hydrogen-bond donors (Lipinski definition) is 2. The van der Waals surface area contributed by atoms with Crippen molar-refractivity contribution in [3.63, 3.8) is 0 Å². The van der Waals surface area contributed by atoms with Crippen molar-refractivity contribution in [3.05, 3.63) is 53.5 Å². The molecule has 0 spiro atoms. The summed E-state index contributed by atoms with van der Waals surface area (Å²) in [5, 5.41) is 6.41. The molecule has 0 bridgehead atoms. The molecule has 0 unspecified atom stereocenters. The molecule has 5 nitrogen and oxygen atoms in total. The lowest BCUT2D eigenvalue weighted by Gasteiger charge is -2.17. The second kappa shape index (κ2) is 8.60. The Morgan fingerprint density at radius 3 is 2.64 bits per heavy atom. The number of nitrogens with zero attached hydrogens (tertiary/aromatic N) is 2. The van der Waals surface area contributed by atoms with E-state index >= 15 is 0 Å². The molecule has 0 radical (unpaired) electrons. The van der Waals surface area contributed by atoms with Gasteiger partial charge in [-0.1, -0.05) is 49.9 Å². The van der Waals surface area contributed by atoms with Gasteiger partial charge < -0.3 is 10.6 Å². The van der Waals surface area contributed by atoms with Crippen molar-refractivity contribution in [1.29, 1.82) is 0 Å². The first-order chi connectivity index (χ1) is 12.2. The van der Waals surface area contributed by atoms with Crippen molar-refractivity contribution in [1.82, 2.24) is 15.3 Å². The van der Waals surface area contributed by atoms with Crippen LogP contribution in [0.4, 0.5) is 5.82 Å². The average molecular weight is 338 g/mol. The first kappa shape index (κ1) is 17.4. The molecule has 1 amide bonds. The number of carbonyl (C=O) groups is 1. The molecule has 1 heterocycles. The van der Waals surface area contributed by atoms with Gasteiger partial charge in [-0.2, -0.15) is 0 Å². The minimum absolute atomic E-state index is 0.172. The van der Waals surface area contributed by atoms with Gasteiger partial charge in [-0.3, -0.25) is 4.79 Å². The highest BCUT2D eigenvalue weighted by molar-refractivity contribution is 5.92. The third-order valence-corrected chi connectivity index (χ3v) is 4.81. The fourth-order valence-corrected chi connectivity index (χ4v) is 3.27. The number of aryl methyl sites for hydroxylation is 1. The SMILES string of the molecule is Cc1ccccc1CNC(=O)c1cc(NC2CCCCCC2)ncn1. The summed E-state index contributed by atoms with van der Waals surface area (Å²) in [4.78, 5) is 20.8. The van der Waals surface area contributed by atoms with Gasteiger partial charge in [-0.05, 0) is 30.9 Å². The Balaban J connectivity index is 1.60. The van der Waals surface area contributed by atoms with E-state index in [0.29, 0.717) is 18.3 Å². The third-order valence-electron chi connectivity index (χ3n) is 4.81. The van der Waals surface area contributed by atoms with Crippen LogP contribution in [0.15, 0.2) is 36.7 Å². The zero-order valence-corrected chi connectivity index (χ0v) is 14.8. The van der Waals surface area contributed by atoms with Gasteiger partial charge in [0.05, 0.1) is 0 Å². The molecule has 3 rings (SSSR count). The Morgan fingerprint density at radius 1 is 1.12 bits per heavy atom. The summed E-state index contributed by atoms with van der Waals surface area (Å²) in [5.41, 5.74) is 2.68. The van der Waals surface area contributed by atoms with E-state index in [4.69, 9.17) is 0 Å². The van der Waals surface area contributed by atoms with E-state index in [1.54, 1.807) is 6.07 Å². The molecular formula is C20H26N4O. The molecule has 1 saturated carbocycles. The highest BCUT2D eigenvalue weighted by atomic mass is 16.1. The van der Waals surface area contributed by atoms with Crippen LogP contribution in [-0.4, -0.2) is 21.9 Å². The first-order valence-electron chi connectivity index (χ1n) is 9.13. The molecule has 132 valence electrons. The van der Waals surface area contributed by atoms with Crippen LogP contribution in [0.3, 0.4) is 0 Å². The molecule has 1 aliphatic rings. The number of amides is 1. The predicted molar refractivity (Wildman–Crippen MR) is 99.5 cm³/mol. The number of rotatable bonds is 5. The van der Waals surface area contributed by atoms with E-state index in [2.05, 4.69) is 20.6 Å². The Morgan fingerprint density at radius 2 is 1.88 bits per heavy atom. The number of anilines is 1. The van der Waals surface area contributed by atoms with E-state index in [1.165, 1.54) is 50.4 Å². The predicted octanol–water partition coefficient (Wildman–Crippen LogP) is 3.85. The van der Waals surface area contributed by atoms with Crippen LogP contribution < -0.4 is 10.6 Å². The van der Waals surface area contributed by atoms with Crippen molar-refractivity contribution in [2.24, 2.45) is 0 Å². The second-order valence-corrected chi connectivity index (χ2v) is 6.73. The van der Waals surface area contributed by atoms with Crippen molar-refractivity contribution in [3.8, 4) is 0 Å². The van der Waals surface area contributed by atoms with E-state index in [1.807, 2.05) is 31.2 Å². The number of aromatic nitrogens is 2. The maximum Gasteiger partial charge on any atom is 0.270 e. The number of nitrogens with one attached hydrogen (secondary N) is 2. The lowest BCUT2D eigenvalue weighted by Crippen LogP contribution is -2.25. The third kappa shape index (κ3) is 5.02. The van der Waals surface area contributed by atoms with Crippen LogP contribution in [0.2, 0.25) is 0 Å². The molecule has 1 fully saturated rings. The summed E-state index contributed by atoms with van der Waals surface area (Å²) in [6.45, 7) is 2.54. The minimum Gasteiger partial charge on any atom is -0.367 e. The average Bonchev–Trinajstić information content (AvgIpc) is 2.90. The van der Waals surface area contributed by atoms with Gasteiger partial charge in [0.1, 0.15) is 17.8 Å². The van der Waals surface area contributed by atoms with Crippen LogP contribution in [0.1, 0.15) is 60.1 Å². The van der Waals surface area contributed by atoms with Gasteiger partial charge in [-0.25, -0.2) is 9.97 Å². The molecule has 0 saturated heterocycles. The van der Waals surface area contributed by atoms with Gasteiger partial charge in [-0.15, -0.1) is 0 Å². The minimum atomic E-state index is -0.172. The number of carbonyl (C=O) groups excluding carboxylic acids is 1. The fourth-order valence-electron chi connectivity index (χ4n) is 3.27. The van der Waals surface area contributed by atoms with E-state index in [-0.39, 0.29) is 5.91 Å².